The summed E-state index contributed by atoms with van der Waals surface area (Å²) in [4.78, 5) is 24.8. The third kappa shape index (κ3) is 5.02. The first-order valence-corrected chi connectivity index (χ1v) is 10.4. The Hall–Kier alpha value is -3.96. The second-order valence-electron chi connectivity index (χ2n) is 7.24. The number of nitrogens with one attached hydrogen (secondary N) is 2. The van der Waals surface area contributed by atoms with Gasteiger partial charge in [-0.05, 0) is 71.8 Å². The number of benzene rings is 4. The topological polar surface area (TPSA) is 70.6 Å². The predicted molar refractivity (Wildman–Crippen MR) is 129 cm³/mol. The third-order valence-corrected chi connectivity index (χ3v) is 5.22. The van der Waals surface area contributed by atoms with Gasteiger partial charge in [-0.1, -0.05) is 54.1 Å². The van der Waals surface area contributed by atoms with Crippen LogP contribution in [0, 0.1) is 0 Å². The molecule has 2 amide bonds. The van der Waals surface area contributed by atoms with Crippen LogP contribution >= 0.6 is 11.6 Å². The van der Waals surface area contributed by atoms with Crippen LogP contribution in [0.3, 0.4) is 0 Å². The summed E-state index contributed by atoms with van der Waals surface area (Å²) in [6, 6.07) is 27.4. The van der Waals surface area contributed by atoms with Crippen LogP contribution in [0.25, 0.3) is 10.8 Å². The molecule has 0 fully saturated rings. The number of anilines is 1. The van der Waals surface area contributed by atoms with E-state index >= 15 is 0 Å². The largest absolute Gasteiger partial charge is 0.322 e. The summed E-state index contributed by atoms with van der Waals surface area (Å²) in [6.07, 6.45) is 0. The lowest BCUT2D eigenvalue weighted by Gasteiger charge is -2.07. The van der Waals surface area contributed by atoms with Gasteiger partial charge in [-0.3, -0.25) is 9.59 Å². The molecule has 0 aliphatic rings. The number of carbonyl (C=O) groups is 2. The summed E-state index contributed by atoms with van der Waals surface area (Å²) in [7, 11) is 0. The Balaban J connectivity index is 1.40. The second-order valence-corrected chi connectivity index (χ2v) is 7.68. The number of halogens is 1. The number of carbonyl (C=O) groups excluding carboxylic acids is 2. The van der Waals surface area contributed by atoms with Gasteiger partial charge in [-0.25, -0.2) is 5.43 Å². The molecule has 0 atom stereocenters. The van der Waals surface area contributed by atoms with Crippen LogP contribution in [-0.2, 0) is 0 Å². The fraction of sp³-hybridized carbons (Fsp3) is 0.0385. The van der Waals surface area contributed by atoms with Crippen LogP contribution in [0.1, 0.15) is 33.2 Å². The molecule has 0 spiro atoms. The van der Waals surface area contributed by atoms with E-state index in [1.807, 2.05) is 43.3 Å². The van der Waals surface area contributed by atoms with E-state index in [0.29, 0.717) is 27.5 Å². The summed E-state index contributed by atoms with van der Waals surface area (Å²) in [5.74, 6) is -0.613. The number of hydrogen-bond acceptors (Lipinski definition) is 3. The molecule has 6 heteroatoms. The lowest BCUT2D eigenvalue weighted by atomic mass is 10.0. The van der Waals surface area contributed by atoms with Gasteiger partial charge in [-0.15, -0.1) is 0 Å². The molecule has 4 rings (SSSR count). The lowest BCUT2D eigenvalue weighted by Crippen LogP contribution is -2.19. The first-order chi connectivity index (χ1) is 15.5. The van der Waals surface area contributed by atoms with Crippen molar-refractivity contribution in [3.63, 3.8) is 0 Å². The number of nitrogens with zero attached hydrogens (tertiary/aromatic N) is 1. The second kappa shape index (κ2) is 9.45. The minimum absolute atomic E-state index is 0.277. The number of fused-ring (bicyclic) bond motifs is 1. The summed E-state index contributed by atoms with van der Waals surface area (Å²) in [5, 5.41) is 9.76. The highest BCUT2D eigenvalue weighted by Crippen LogP contribution is 2.17. The zero-order valence-electron chi connectivity index (χ0n) is 17.3. The van der Waals surface area contributed by atoms with Crippen LogP contribution in [0.4, 0.5) is 5.69 Å². The first kappa shape index (κ1) is 21.3. The number of amides is 2. The van der Waals surface area contributed by atoms with Crippen molar-refractivity contribution < 1.29 is 9.59 Å². The van der Waals surface area contributed by atoms with Crippen molar-refractivity contribution >= 4 is 45.6 Å². The highest BCUT2D eigenvalue weighted by atomic mass is 35.5. The molecule has 0 unspecified atom stereocenters. The zero-order valence-corrected chi connectivity index (χ0v) is 18.1. The normalized spacial score (nSPS) is 11.2. The van der Waals surface area contributed by atoms with Gasteiger partial charge in [0.15, 0.2) is 0 Å². The van der Waals surface area contributed by atoms with Crippen molar-refractivity contribution in [3.05, 3.63) is 113 Å². The highest BCUT2D eigenvalue weighted by Gasteiger charge is 2.09. The van der Waals surface area contributed by atoms with E-state index in [1.165, 1.54) is 0 Å². The molecule has 0 heterocycles. The van der Waals surface area contributed by atoms with Gasteiger partial charge < -0.3 is 5.32 Å². The van der Waals surface area contributed by atoms with Crippen LogP contribution in [0.5, 0.6) is 0 Å². The van der Waals surface area contributed by atoms with Gasteiger partial charge in [0.05, 0.1) is 5.71 Å². The lowest BCUT2D eigenvalue weighted by molar-refractivity contribution is 0.0954. The highest BCUT2D eigenvalue weighted by molar-refractivity contribution is 6.31. The molecule has 0 aliphatic heterocycles. The van der Waals surface area contributed by atoms with Crippen molar-refractivity contribution in [3.8, 4) is 0 Å². The molecule has 0 saturated carbocycles. The molecular formula is C26H20ClN3O2. The van der Waals surface area contributed by atoms with Crippen LogP contribution in [0.2, 0.25) is 5.02 Å². The minimum atomic E-state index is -0.335. The van der Waals surface area contributed by atoms with Gasteiger partial charge >= 0.3 is 0 Å². The van der Waals surface area contributed by atoms with Crippen molar-refractivity contribution in [2.75, 3.05) is 5.32 Å². The SMILES string of the molecule is CC(=NNC(=O)c1ccc(NC(=O)c2cccc(Cl)c2)cc1)c1ccc2ccccc2c1. The number of hydrazone groups is 1. The molecule has 0 aliphatic carbocycles. The molecule has 5 nitrogen and oxygen atoms in total. The van der Waals surface area contributed by atoms with Gasteiger partial charge in [-0.2, -0.15) is 5.10 Å². The summed E-state index contributed by atoms with van der Waals surface area (Å²) in [5.41, 5.74) is 5.68. The average Bonchev–Trinajstić information content (AvgIpc) is 2.82. The first-order valence-electron chi connectivity index (χ1n) is 10.0. The van der Waals surface area contributed by atoms with E-state index in [0.717, 1.165) is 16.3 Å². The Labute approximate surface area is 190 Å². The summed E-state index contributed by atoms with van der Waals surface area (Å²) < 4.78 is 0. The molecule has 158 valence electrons. The third-order valence-electron chi connectivity index (χ3n) is 4.98. The monoisotopic (exact) mass is 441 g/mol. The summed E-state index contributed by atoms with van der Waals surface area (Å²) >= 11 is 5.93. The summed E-state index contributed by atoms with van der Waals surface area (Å²) in [6.45, 7) is 1.85. The zero-order chi connectivity index (χ0) is 22.5. The fourth-order valence-corrected chi connectivity index (χ4v) is 3.41. The molecule has 4 aromatic rings. The van der Waals surface area contributed by atoms with E-state index in [-0.39, 0.29) is 11.8 Å². The van der Waals surface area contributed by atoms with Gasteiger partial charge in [0.2, 0.25) is 0 Å². The predicted octanol–water partition coefficient (Wildman–Crippen LogP) is 5.90. The van der Waals surface area contributed by atoms with E-state index in [9.17, 15) is 9.59 Å². The van der Waals surface area contributed by atoms with Crippen molar-refractivity contribution in [1.82, 2.24) is 5.43 Å². The smallest absolute Gasteiger partial charge is 0.271 e. The molecule has 0 saturated heterocycles. The van der Waals surface area contributed by atoms with E-state index in [4.69, 9.17) is 11.6 Å². The van der Waals surface area contributed by atoms with E-state index < -0.39 is 0 Å². The fourth-order valence-electron chi connectivity index (χ4n) is 3.22. The standard InChI is InChI=1S/C26H20ClN3O2/c1-17(20-10-9-18-5-2-3-6-21(18)15-20)29-30-26(32)19-11-13-24(14-12-19)28-25(31)22-7-4-8-23(27)16-22/h2-16H,1H3,(H,28,31)(H,30,32). The minimum Gasteiger partial charge on any atom is -0.322 e. The van der Waals surface area contributed by atoms with Crippen molar-refractivity contribution in [2.24, 2.45) is 5.10 Å². The number of rotatable bonds is 5. The van der Waals surface area contributed by atoms with Crippen molar-refractivity contribution in [2.45, 2.75) is 6.92 Å². The van der Waals surface area contributed by atoms with Crippen LogP contribution in [-0.4, -0.2) is 17.5 Å². The maximum Gasteiger partial charge on any atom is 0.271 e. The Morgan fingerprint density at radius 1 is 0.719 bits per heavy atom. The Bertz CT molecular complexity index is 1330. The van der Waals surface area contributed by atoms with Gasteiger partial charge in [0, 0.05) is 21.8 Å². The molecule has 4 aromatic carbocycles. The maximum atomic E-state index is 12.5. The number of hydrogen-bond donors (Lipinski definition) is 2. The Kier molecular flexibility index (Phi) is 6.29. The van der Waals surface area contributed by atoms with Crippen molar-refractivity contribution in [1.29, 1.82) is 0 Å². The maximum absolute atomic E-state index is 12.5. The van der Waals surface area contributed by atoms with Crippen LogP contribution in [0.15, 0.2) is 96.1 Å². The molecule has 0 radical (unpaired) electrons. The van der Waals surface area contributed by atoms with Gasteiger partial charge in [0.25, 0.3) is 11.8 Å². The Morgan fingerprint density at radius 3 is 2.19 bits per heavy atom. The molecule has 2 N–H and O–H groups in total. The van der Waals surface area contributed by atoms with E-state index in [2.05, 4.69) is 21.9 Å². The average molecular weight is 442 g/mol. The van der Waals surface area contributed by atoms with Crippen LogP contribution < -0.4 is 10.7 Å². The molecule has 0 bridgehead atoms. The quantitative estimate of drug-likeness (QED) is 0.299. The molecule has 32 heavy (non-hydrogen) atoms. The van der Waals surface area contributed by atoms with E-state index in [1.54, 1.807) is 48.5 Å². The molecular weight excluding hydrogens is 422 g/mol. The Morgan fingerprint density at radius 2 is 1.44 bits per heavy atom. The molecule has 0 aromatic heterocycles. The van der Waals surface area contributed by atoms with Gasteiger partial charge in [0.1, 0.15) is 0 Å².